The molecular formula is C21H25N5O2. The molecular weight excluding hydrogens is 354 g/mol. The predicted octanol–water partition coefficient (Wildman–Crippen LogP) is 1.82. The minimum atomic E-state index is -0.156. The number of hydrogen-bond acceptors (Lipinski definition) is 5. The summed E-state index contributed by atoms with van der Waals surface area (Å²) in [6.45, 7) is 1.55. The molecule has 0 saturated carbocycles. The molecule has 7 nitrogen and oxygen atoms in total. The van der Waals surface area contributed by atoms with Crippen molar-refractivity contribution in [1.82, 2.24) is 20.2 Å². The van der Waals surface area contributed by atoms with E-state index in [0.29, 0.717) is 11.5 Å². The summed E-state index contributed by atoms with van der Waals surface area (Å²) in [7, 11) is 3.40. The molecule has 1 N–H and O–H groups in total. The lowest BCUT2D eigenvalue weighted by atomic mass is 9.82. The van der Waals surface area contributed by atoms with Gasteiger partial charge in [0.25, 0.3) is 5.91 Å². The summed E-state index contributed by atoms with van der Waals surface area (Å²) < 4.78 is 0. The monoisotopic (exact) mass is 379 g/mol. The maximum Gasteiger partial charge on any atom is 0.273 e. The Bertz CT molecular complexity index is 875. The van der Waals surface area contributed by atoms with Gasteiger partial charge < -0.3 is 15.1 Å². The lowest BCUT2D eigenvalue weighted by molar-refractivity contribution is -0.121. The number of nitrogens with zero attached hydrogens (tertiary/aromatic N) is 4. The van der Waals surface area contributed by atoms with E-state index in [-0.39, 0.29) is 23.3 Å². The van der Waals surface area contributed by atoms with Crippen molar-refractivity contribution in [3.05, 3.63) is 54.0 Å². The van der Waals surface area contributed by atoms with Crippen molar-refractivity contribution in [2.75, 3.05) is 32.1 Å². The summed E-state index contributed by atoms with van der Waals surface area (Å²) in [5.41, 5.74) is 1.28. The summed E-state index contributed by atoms with van der Waals surface area (Å²) in [5, 5.41) is 3.27. The molecule has 1 aromatic carbocycles. The maximum absolute atomic E-state index is 12.6. The fourth-order valence-electron chi connectivity index (χ4n) is 4.17. The summed E-state index contributed by atoms with van der Waals surface area (Å²) in [6, 6.07) is 10.00. The molecule has 1 atom stereocenters. The summed E-state index contributed by atoms with van der Waals surface area (Å²) in [5.74, 6) is 0.606. The van der Waals surface area contributed by atoms with Gasteiger partial charge in [0.2, 0.25) is 5.91 Å². The Morgan fingerprint density at radius 3 is 2.57 bits per heavy atom. The van der Waals surface area contributed by atoms with Crippen molar-refractivity contribution in [3.63, 3.8) is 0 Å². The van der Waals surface area contributed by atoms with Gasteiger partial charge in [0.1, 0.15) is 11.5 Å². The molecule has 2 fully saturated rings. The van der Waals surface area contributed by atoms with E-state index in [1.165, 1.54) is 11.1 Å². The van der Waals surface area contributed by atoms with Gasteiger partial charge in [-0.3, -0.25) is 14.6 Å². The third kappa shape index (κ3) is 3.44. The number of piperidine rings is 1. The molecule has 1 unspecified atom stereocenters. The van der Waals surface area contributed by atoms with Crippen LogP contribution in [-0.4, -0.2) is 59.4 Å². The number of carbonyl (C=O) groups is 2. The van der Waals surface area contributed by atoms with Gasteiger partial charge in [-0.2, -0.15) is 0 Å². The first-order valence-corrected chi connectivity index (χ1v) is 9.63. The quantitative estimate of drug-likeness (QED) is 0.880. The number of benzene rings is 1. The maximum atomic E-state index is 12.6. The molecule has 2 aliphatic heterocycles. The second kappa shape index (κ2) is 7.22. The standard InChI is InChI=1S/C21H25N5O2/c1-25(2)20(28)17-13-22-14-18(23-17)26-10-8-21(9-11-26)12-16(19(27)24-21)15-6-4-3-5-7-15/h3-7,13-14,16H,8-12H2,1-2H3,(H,24,27). The zero-order valence-electron chi connectivity index (χ0n) is 16.3. The average Bonchev–Trinajstić information content (AvgIpc) is 3.04. The van der Waals surface area contributed by atoms with Crippen molar-refractivity contribution in [2.24, 2.45) is 0 Å². The van der Waals surface area contributed by atoms with Crippen molar-refractivity contribution < 1.29 is 9.59 Å². The second-order valence-corrected chi connectivity index (χ2v) is 7.89. The smallest absolute Gasteiger partial charge is 0.273 e. The van der Waals surface area contributed by atoms with Gasteiger partial charge in [-0.25, -0.2) is 4.98 Å². The van der Waals surface area contributed by atoms with Crippen LogP contribution in [-0.2, 0) is 4.79 Å². The Morgan fingerprint density at radius 2 is 1.89 bits per heavy atom. The molecule has 1 spiro atoms. The first-order valence-electron chi connectivity index (χ1n) is 9.63. The number of rotatable bonds is 3. The Balaban J connectivity index is 1.45. The summed E-state index contributed by atoms with van der Waals surface area (Å²) >= 11 is 0. The Kier molecular flexibility index (Phi) is 4.75. The van der Waals surface area contributed by atoms with Crippen molar-refractivity contribution >= 4 is 17.6 Å². The third-order valence-electron chi connectivity index (χ3n) is 5.79. The van der Waals surface area contributed by atoms with Crippen molar-refractivity contribution in [3.8, 4) is 0 Å². The van der Waals surface area contributed by atoms with E-state index in [1.807, 2.05) is 30.3 Å². The molecule has 2 aromatic rings. The first-order chi connectivity index (χ1) is 13.5. The third-order valence-corrected chi connectivity index (χ3v) is 5.79. The van der Waals surface area contributed by atoms with E-state index >= 15 is 0 Å². The molecule has 0 aliphatic carbocycles. The van der Waals surface area contributed by atoms with Crippen LogP contribution in [0.2, 0.25) is 0 Å². The van der Waals surface area contributed by atoms with Crippen LogP contribution in [0.3, 0.4) is 0 Å². The Labute approximate surface area is 164 Å². The molecule has 28 heavy (non-hydrogen) atoms. The molecule has 2 aliphatic rings. The molecule has 3 heterocycles. The SMILES string of the molecule is CN(C)C(=O)c1cncc(N2CCC3(CC2)CC(c2ccccc2)C(=O)N3)n1. The van der Waals surface area contributed by atoms with Gasteiger partial charge in [-0.15, -0.1) is 0 Å². The van der Waals surface area contributed by atoms with Gasteiger partial charge in [0.15, 0.2) is 0 Å². The van der Waals surface area contributed by atoms with Crippen LogP contribution in [0.5, 0.6) is 0 Å². The number of nitrogens with one attached hydrogen (secondary N) is 1. The number of carbonyl (C=O) groups excluding carboxylic acids is 2. The fraction of sp³-hybridized carbons (Fsp3) is 0.429. The molecule has 0 bridgehead atoms. The highest BCUT2D eigenvalue weighted by atomic mass is 16.2. The Morgan fingerprint density at radius 1 is 1.18 bits per heavy atom. The van der Waals surface area contributed by atoms with E-state index in [4.69, 9.17) is 0 Å². The second-order valence-electron chi connectivity index (χ2n) is 7.89. The highest BCUT2D eigenvalue weighted by molar-refractivity contribution is 5.92. The molecule has 0 radical (unpaired) electrons. The van der Waals surface area contributed by atoms with Crippen LogP contribution in [0.25, 0.3) is 0 Å². The molecule has 1 aromatic heterocycles. The molecule has 2 amide bonds. The number of hydrogen-bond donors (Lipinski definition) is 1. The lowest BCUT2D eigenvalue weighted by Gasteiger charge is -2.39. The van der Waals surface area contributed by atoms with E-state index in [2.05, 4.69) is 20.2 Å². The van der Waals surface area contributed by atoms with E-state index in [1.54, 1.807) is 20.3 Å². The highest BCUT2D eigenvalue weighted by Gasteiger charge is 2.46. The molecule has 4 rings (SSSR count). The van der Waals surface area contributed by atoms with E-state index in [0.717, 1.165) is 37.9 Å². The van der Waals surface area contributed by atoms with Gasteiger partial charge in [-0.05, 0) is 24.8 Å². The van der Waals surface area contributed by atoms with E-state index < -0.39 is 0 Å². The zero-order valence-corrected chi connectivity index (χ0v) is 16.3. The number of amides is 2. The van der Waals surface area contributed by atoms with Crippen LogP contribution < -0.4 is 10.2 Å². The van der Waals surface area contributed by atoms with Crippen LogP contribution >= 0.6 is 0 Å². The number of anilines is 1. The lowest BCUT2D eigenvalue weighted by Crippen LogP contribution is -2.51. The van der Waals surface area contributed by atoms with E-state index in [9.17, 15) is 9.59 Å². The summed E-state index contributed by atoms with van der Waals surface area (Å²) in [6.07, 6.45) is 5.74. The minimum absolute atomic E-state index is 0.0754. The zero-order chi connectivity index (χ0) is 19.7. The van der Waals surface area contributed by atoms with Crippen LogP contribution in [0.1, 0.15) is 41.2 Å². The summed E-state index contributed by atoms with van der Waals surface area (Å²) in [4.78, 5) is 37.1. The van der Waals surface area contributed by atoms with Gasteiger partial charge in [0, 0.05) is 32.7 Å². The average molecular weight is 379 g/mol. The minimum Gasteiger partial charge on any atom is -0.355 e. The molecule has 2 saturated heterocycles. The highest BCUT2D eigenvalue weighted by Crippen LogP contribution is 2.39. The Hall–Kier alpha value is -2.96. The van der Waals surface area contributed by atoms with Gasteiger partial charge in [0.05, 0.1) is 18.3 Å². The molecule has 7 heteroatoms. The van der Waals surface area contributed by atoms with Crippen LogP contribution in [0.4, 0.5) is 5.82 Å². The van der Waals surface area contributed by atoms with Gasteiger partial charge >= 0.3 is 0 Å². The predicted molar refractivity (Wildman–Crippen MR) is 106 cm³/mol. The first kappa shape index (κ1) is 18.4. The van der Waals surface area contributed by atoms with Gasteiger partial charge in [-0.1, -0.05) is 30.3 Å². The van der Waals surface area contributed by atoms with Crippen molar-refractivity contribution in [2.45, 2.75) is 30.7 Å². The number of aromatic nitrogens is 2. The molecule has 146 valence electrons. The van der Waals surface area contributed by atoms with Crippen molar-refractivity contribution in [1.29, 1.82) is 0 Å². The normalized spacial score (nSPS) is 20.9. The largest absolute Gasteiger partial charge is 0.355 e. The van der Waals surface area contributed by atoms with Crippen LogP contribution in [0, 0.1) is 0 Å². The fourth-order valence-corrected chi connectivity index (χ4v) is 4.17. The topological polar surface area (TPSA) is 78.4 Å². The van der Waals surface area contributed by atoms with Crippen LogP contribution in [0.15, 0.2) is 42.7 Å².